The van der Waals surface area contributed by atoms with E-state index in [-0.39, 0.29) is 5.82 Å². The van der Waals surface area contributed by atoms with Crippen LogP contribution in [0, 0.1) is 12.7 Å². The van der Waals surface area contributed by atoms with Crippen molar-refractivity contribution in [2.75, 3.05) is 0 Å². The second-order valence-corrected chi connectivity index (χ2v) is 6.02. The number of hydrogen-bond donors (Lipinski definition) is 0. The number of thiophene rings is 1. The minimum atomic E-state index is -0.327. The Balaban J connectivity index is 2.02. The second kappa shape index (κ2) is 4.86. The van der Waals surface area contributed by atoms with Gasteiger partial charge in [0.2, 0.25) is 5.88 Å². The van der Waals surface area contributed by atoms with Crippen molar-refractivity contribution in [3.63, 3.8) is 0 Å². The molecule has 0 atom stereocenters. The molecule has 1 aromatic carbocycles. The van der Waals surface area contributed by atoms with Crippen molar-refractivity contribution in [3.8, 4) is 11.6 Å². The molecule has 3 aromatic rings. The molecule has 0 unspecified atom stereocenters. The fourth-order valence-electron chi connectivity index (χ4n) is 1.69. The molecule has 6 heteroatoms. The minimum absolute atomic E-state index is 0.327. The SMILES string of the molecule is Cc1cc2c(Oc3ccc(F)c(Br)c3)ncnc2s1. The molecule has 0 fully saturated rings. The van der Waals surface area contributed by atoms with Crippen molar-refractivity contribution < 1.29 is 9.13 Å². The van der Waals surface area contributed by atoms with Crippen molar-refractivity contribution in [3.05, 3.63) is 45.8 Å². The highest BCUT2D eigenvalue weighted by molar-refractivity contribution is 9.10. The Morgan fingerprint density at radius 2 is 2.11 bits per heavy atom. The first-order chi connectivity index (χ1) is 9.13. The third-order valence-electron chi connectivity index (χ3n) is 2.52. The number of aryl methyl sites for hydroxylation is 1. The molecular weight excluding hydrogens is 331 g/mol. The summed E-state index contributed by atoms with van der Waals surface area (Å²) in [5, 5.41) is 0.866. The monoisotopic (exact) mass is 338 g/mol. The Labute approximate surface area is 121 Å². The van der Waals surface area contributed by atoms with Gasteiger partial charge in [0.1, 0.15) is 22.7 Å². The highest BCUT2D eigenvalue weighted by atomic mass is 79.9. The van der Waals surface area contributed by atoms with Gasteiger partial charge in [-0.05, 0) is 47.1 Å². The predicted octanol–water partition coefficient (Wildman–Crippen LogP) is 4.69. The van der Waals surface area contributed by atoms with E-state index in [9.17, 15) is 4.39 Å². The molecule has 0 saturated carbocycles. The molecule has 0 aliphatic heterocycles. The van der Waals surface area contributed by atoms with E-state index in [1.165, 1.54) is 12.4 Å². The van der Waals surface area contributed by atoms with Crippen LogP contribution >= 0.6 is 27.3 Å². The van der Waals surface area contributed by atoms with E-state index in [2.05, 4.69) is 25.9 Å². The van der Waals surface area contributed by atoms with Gasteiger partial charge in [-0.2, -0.15) is 0 Å². The maximum atomic E-state index is 13.2. The number of hydrogen-bond acceptors (Lipinski definition) is 4. The summed E-state index contributed by atoms with van der Waals surface area (Å²) in [5.74, 6) is 0.677. The van der Waals surface area contributed by atoms with Crippen LogP contribution in [0.25, 0.3) is 10.2 Å². The summed E-state index contributed by atoms with van der Waals surface area (Å²) in [4.78, 5) is 10.3. The Bertz CT molecular complexity index is 759. The van der Waals surface area contributed by atoms with Gasteiger partial charge >= 0.3 is 0 Å². The van der Waals surface area contributed by atoms with E-state index in [0.29, 0.717) is 16.1 Å². The topological polar surface area (TPSA) is 35.0 Å². The molecule has 96 valence electrons. The highest BCUT2D eigenvalue weighted by Crippen LogP contribution is 2.32. The standard InChI is InChI=1S/C13H8BrFN2OS/c1-7-4-9-12(16-6-17-13(9)19-7)18-8-2-3-11(15)10(14)5-8/h2-6H,1H3. The first-order valence-corrected chi connectivity index (χ1v) is 7.08. The predicted molar refractivity (Wildman–Crippen MR) is 76.3 cm³/mol. The van der Waals surface area contributed by atoms with E-state index < -0.39 is 0 Å². The molecule has 0 bridgehead atoms. The van der Waals surface area contributed by atoms with Crippen molar-refractivity contribution in [2.45, 2.75) is 6.92 Å². The number of nitrogens with zero attached hydrogens (tertiary/aromatic N) is 2. The number of rotatable bonds is 2. The average molecular weight is 339 g/mol. The largest absolute Gasteiger partial charge is 0.438 e. The fourth-order valence-corrected chi connectivity index (χ4v) is 2.88. The fraction of sp³-hybridized carbons (Fsp3) is 0.0769. The maximum Gasteiger partial charge on any atom is 0.231 e. The van der Waals surface area contributed by atoms with Crippen molar-refractivity contribution in [1.29, 1.82) is 0 Å². The van der Waals surface area contributed by atoms with Gasteiger partial charge in [-0.25, -0.2) is 14.4 Å². The van der Waals surface area contributed by atoms with E-state index in [1.54, 1.807) is 23.5 Å². The van der Waals surface area contributed by atoms with Crippen molar-refractivity contribution >= 4 is 37.5 Å². The van der Waals surface area contributed by atoms with Crippen LogP contribution in [0.15, 0.2) is 35.1 Å². The van der Waals surface area contributed by atoms with Gasteiger partial charge < -0.3 is 4.74 Å². The Morgan fingerprint density at radius 1 is 1.26 bits per heavy atom. The van der Waals surface area contributed by atoms with Crippen LogP contribution in [0.4, 0.5) is 4.39 Å². The molecule has 0 N–H and O–H groups in total. The molecule has 2 aromatic heterocycles. The molecule has 0 amide bonds. The lowest BCUT2D eigenvalue weighted by atomic mass is 10.3. The van der Waals surface area contributed by atoms with E-state index in [1.807, 2.05) is 13.0 Å². The van der Waals surface area contributed by atoms with Gasteiger partial charge in [0, 0.05) is 4.88 Å². The quantitative estimate of drug-likeness (QED) is 0.679. The van der Waals surface area contributed by atoms with Gasteiger partial charge in [-0.15, -0.1) is 11.3 Å². The molecule has 0 aliphatic carbocycles. The Morgan fingerprint density at radius 3 is 2.89 bits per heavy atom. The molecule has 0 aliphatic rings. The van der Waals surface area contributed by atoms with Crippen LogP contribution in [-0.4, -0.2) is 9.97 Å². The van der Waals surface area contributed by atoms with Crippen molar-refractivity contribution in [2.24, 2.45) is 0 Å². The summed E-state index contributed by atoms with van der Waals surface area (Å²) < 4.78 is 19.2. The number of ether oxygens (including phenoxy) is 1. The van der Waals surface area contributed by atoms with Crippen molar-refractivity contribution in [1.82, 2.24) is 9.97 Å². The zero-order chi connectivity index (χ0) is 13.4. The number of fused-ring (bicyclic) bond motifs is 1. The number of aromatic nitrogens is 2. The summed E-state index contributed by atoms with van der Waals surface area (Å²) in [6.45, 7) is 2.00. The first kappa shape index (κ1) is 12.5. The summed E-state index contributed by atoms with van der Waals surface area (Å²) in [6, 6.07) is 6.46. The first-order valence-electron chi connectivity index (χ1n) is 5.47. The molecule has 0 radical (unpaired) electrons. The minimum Gasteiger partial charge on any atom is -0.438 e. The number of halogens is 2. The summed E-state index contributed by atoms with van der Waals surface area (Å²) >= 11 is 4.71. The second-order valence-electron chi connectivity index (χ2n) is 3.93. The van der Waals surface area contributed by atoms with Gasteiger partial charge in [-0.1, -0.05) is 0 Å². The maximum absolute atomic E-state index is 13.2. The lowest BCUT2D eigenvalue weighted by Crippen LogP contribution is -1.90. The third kappa shape index (κ3) is 2.46. The molecule has 19 heavy (non-hydrogen) atoms. The van der Waals surface area contributed by atoms with E-state index in [0.717, 1.165) is 15.1 Å². The van der Waals surface area contributed by atoms with Crippen LogP contribution in [0.1, 0.15) is 4.88 Å². The average Bonchev–Trinajstić information content (AvgIpc) is 2.75. The normalized spacial score (nSPS) is 10.9. The lowest BCUT2D eigenvalue weighted by molar-refractivity contribution is 0.466. The Hall–Kier alpha value is -1.53. The lowest BCUT2D eigenvalue weighted by Gasteiger charge is -2.06. The molecule has 3 rings (SSSR count). The smallest absolute Gasteiger partial charge is 0.231 e. The Kier molecular flexibility index (Phi) is 3.20. The van der Waals surface area contributed by atoms with Gasteiger partial charge in [0.25, 0.3) is 0 Å². The molecule has 0 saturated heterocycles. The van der Waals surface area contributed by atoms with Crippen LogP contribution in [0.3, 0.4) is 0 Å². The summed E-state index contributed by atoms with van der Waals surface area (Å²) in [7, 11) is 0. The highest BCUT2D eigenvalue weighted by Gasteiger charge is 2.10. The van der Waals surface area contributed by atoms with Gasteiger partial charge in [0.15, 0.2) is 0 Å². The molecule has 2 heterocycles. The zero-order valence-corrected chi connectivity index (χ0v) is 12.3. The van der Waals surface area contributed by atoms with E-state index in [4.69, 9.17) is 4.74 Å². The summed E-state index contributed by atoms with van der Waals surface area (Å²) in [6.07, 6.45) is 1.46. The molecule has 0 spiro atoms. The molecule has 3 nitrogen and oxygen atoms in total. The third-order valence-corrected chi connectivity index (χ3v) is 4.09. The molecular formula is C13H8BrFN2OS. The van der Waals surface area contributed by atoms with Crippen LogP contribution in [0.5, 0.6) is 11.6 Å². The zero-order valence-electron chi connectivity index (χ0n) is 9.85. The number of benzene rings is 1. The van der Waals surface area contributed by atoms with E-state index >= 15 is 0 Å². The van der Waals surface area contributed by atoms with Gasteiger partial charge in [0.05, 0.1) is 9.86 Å². The van der Waals surface area contributed by atoms with Crippen LogP contribution in [-0.2, 0) is 0 Å². The van der Waals surface area contributed by atoms with Gasteiger partial charge in [-0.3, -0.25) is 0 Å². The van der Waals surface area contributed by atoms with Crippen LogP contribution in [0.2, 0.25) is 0 Å². The van der Waals surface area contributed by atoms with Crippen LogP contribution < -0.4 is 4.74 Å². The summed E-state index contributed by atoms with van der Waals surface area (Å²) in [5.41, 5.74) is 0.